The molecule has 6 heteroatoms. The van der Waals surface area contributed by atoms with Crippen molar-refractivity contribution in [1.29, 1.82) is 0 Å². The highest BCUT2D eigenvalue weighted by Crippen LogP contribution is 2.27. The Morgan fingerprint density at radius 2 is 2.06 bits per heavy atom. The number of rotatable bonds is 5. The first-order valence-electron chi connectivity index (χ1n) is 5.41. The van der Waals surface area contributed by atoms with Gasteiger partial charge in [0, 0.05) is 17.6 Å². The van der Waals surface area contributed by atoms with Crippen LogP contribution in [0.25, 0.3) is 0 Å². The van der Waals surface area contributed by atoms with Crippen molar-refractivity contribution in [2.24, 2.45) is 5.73 Å². The number of halogens is 1. The molecule has 0 bridgehead atoms. The molecule has 0 aromatic heterocycles. The predicted octanol–water partition coefficient (Wildman–Crippen LogP) is 1.90. The standard InChI is InChI=1S/C11H17BrN2O2S/c1-3-4-14-17(15,16)10-6-9(7-13)5-8(2)11(10)12/h5-6,14H,3-4,7,13H2,1-2H3. The number of aryl methyl sites for hydroxylation is 1. The van der Waals surface area contributed by atoms with Crippen LogP contribution in [0.1, 0.15) is 24.5 Å². The Labute approximate surface area is 111 Å². The van der Waals surface area contributed by atoms with Gasteiger partial charge in [-0.05, 0) is 46.5 Å². The lowest BCUT2D eigenvalue weighted by molar-refractivity contribution is 0.580. The number of hydrogen-bond acceptors (Lipinski definition) is 3. The van der Waals surface area contributed by atoms with Crippen molar-refractivity contribution in [2.75, 3.05) is 6.54 Å². The van der Waals surface area contributed by atoms with Crippen LogP contribution in [0, 0.1) is 6.92 Å². The smallest absolute Gasteiger partial charge is 0.241 e. The molecule has 1 rings (SSSR count). The first-order valence-corrected chi connectivity index (χ1v) is 7.68. The van der Waals surface area contributed by atoms with Crippen LogP contribution in [0.2, 0.25) is 0 Å². The zero-order chi connectivity index (χ0) is 13.1. The molecule has 1 aromatic rings. The van der Waals surface area contributed by atoms with E-state index in [1.807, 2.05) is 19.9 Å². The van der Waals surface area contributed by atoms with Crippen LogP contribution in [0.5, 0.6) is 0 Å². The third-order valence-electron chi connectivity index (χ3n) is 2.35. The molecule has 0 atom stereocenters. The third-order valence-corrected chi connectivity index (χ3v) is 5.15. The quantitative estimate of drug-likeness (QED) is 0.870. The lowest BCUT2D eigenvalue weighted by Crippen LogP contribution is -2.25. The lowest BCUT2D eigenvalue weighted by Gasteiger charge is -2.11. The van der Waals surface area contributed by atoms with E-state index in [1.54, 1.807) is 6.07 Å². The Bertz CT molecular complexity index is 500. The minimum atomic E-state index is -3.46. The Morgan fingerprint density at radius 1 is 1.41 bits per heavy atom. The zero-order valence-electron chi connectivity index (χ0n) is 9.96. The first-order chi connectivity index (χ1) is 7.92. The van der Waals surface area contributed by atoms with Crippen molar-refractivity contribution in [3.05, 3.63) is 27.7 Å². The second-order valence-corrected chi connectivity index (χ2v) is 6.36. The minimum absolute atomic E-state index is 0.256. The Morgan fingerprint density at radius 3 is 2.59 bits per heavy atom. The van der Waals surface area contributed by atoms with Gasteiger partial charge in [-0.15, -0.1) is 0 Å². The summed E-state index contributed by atoms with van der Waals surface area (Å²) in [7, 11) is -3.46. The van der Waals surface area contributed by atoms with E-state index in [1.165, 1.54) is 0 Å². The van der Waals surface area contributed by atoms with Crippen LogP contribution < -0.4 is 10.5 Å². The highest BCUT2D eigenvalue weighted by molar-refractivity contribution is 9.10. The summed E-state index contributed by atoms with van der Waals surface area (Å²) in [6.07, 6.45) is 0.756. The van der Waals surface area contributed by atoms with Crippen molar-refractivity contribution >= 4 is 26.0 Å². The predicted molar refractivity (Wildman–Crippen MR) is 72.2 cm³/mol. The van der Waals surface area contributed by atoms with E-state index in [0.29, 0.717) is 17.6 Å². The van der Waals surface area contributed by atoms with E-state index < -0.39 is 10.0 Å². The van der Waals surface area contributed by atoms with Gasteiger partial charge in [0.15, 0.2) is 0 Å². The molecule has 0 aliphatic heterocycles. The maximum absolute atomic E-state index is 12.1. The highest BCUT2D eigenvalue weighted by Gasteiger charge is 2.18. The molecule has 1 aromatic carbocycles. The highest BCUT2D eigenvalue weighted by atomic mass is 79.9. The van der Waals surface area contributed by atoms with Crippen LogP contribution in [0.4, 0.5) is 0 Å². The van der Waals surface area contributed by atoms with E-state index in [0.717, 1.165) is 17.5 Å². The molecule has 17 heavy (non-hydrogen) atoms. The summed E-state index contributed by atoms with van der Waals surface area (Å²) in [6, 6.07) is 3.48. The van der Waals surface area contributed by atoms with Gasteiger partial charge in [0.05, 0.1) is 4.90 Å². The first kappa shape index (κ1) is 14.6. The number of nitrogens with two attached hydrogens (primary N) is 1. The number of benzene rings is 1. The fourth-order valence-electron chi connectivity index (χ4n) is 1.44. The largest absolute Gasteiger partial charge is 0.326 e. The van der Waals surface area contributed by atoms with Gasteiger partial charge in [0.25, 0.3) is 0 Å². The molecule has 0 saturated carbocycles. The Balaban J connectivity index is 3.25. The second kappa shape index (κ2) is 5.95. The normalized spacial score (nSPS) is 11.8. The average Bonchev–Trinajstić information content (AvgIpc) is 2.29. The molecule has 0 saturated heterocycles. The summed E-state index contributed by atoms with van der Waals surface area (Å²) in [4.78, 5) is 0.256. The maximum Gasteiger partial charge on any atom is 0.241 e. The molecule has 0 amide bonds. The number of hydrogen-bond donors (Lipinski definition) is 2. The van der Waals surface area contributed by atoms with Crippen molar-refractivity contribution in [2.45, 2.75) is 31.7 Å². The summed E-state index contributed by atoms with van der Waals surface area (Å²) >= 11 is 3.31. The van der Waals surface area contributed by atoms with Gasteiger partial charge < -0.3 is 5.73 Å². The Hall–Kier alpha value is -0.430. The summed E-state index contributed by atoms with van der Waals surface area (Å²) < 4.78 is 27.2. The average molecular weight is 321 g/mol. The number of sulfonamides is 1. The van der Waals surface area contributed by atoms with Crippen LogP contribution >= 0.6 is 15.9 Å². The molecular weight excluding hydrogens is 304 g/mol. The molecular formula is C11H17BrN2O2S. The van der Waals surface area contributed by atoms with Gasteiger partial charge in [0.2, 0.25) is 10.0 Å². The van der Waals surface area contributed by atoms with Gasteiger partial charge in [0.1, 0.15) is 0 Å². The summed E-state index contributed by atoms with van der Waals surface area (Å²) in [6.45, 7) is 4.52. The van der Waals surface area contributed by atoms with Gasteiger partial charge in [-0.3, -0.25) is 0 Å². The topological polar surface area (TPSA) is 72.2 Å². The Kier molecular flexibility index (Phi) is 5.12. The summed E-state index contributed by atoms with van der Waals surface area (Å²) in [5, 5.41) is 0. The van der Waals surface area contributed by atoms with E-state index in [4.69, 9.17) is 5.73 Å². The van der Waals surface area contributed by atoms with Gasteiger partial charge in [-0.25, -0.2) is 13.1 Å². The van der Waals surface area contributed by atoms with Gasteiger partial charge >= 0.3 is 0 Å². The monoisotopic (exact) mass is 320 g/mol. The van der Waals surface area contributed by atoms with Crippen molar-refractivity contribution in [3.63, 3.8) is 0 Å². The van der Waals surface area contributed by atoms with E-state index in [9.17, 15) is 8.42 Å². The van der Waals surface area contributed by atoms with E-state index in [2.05, 4.69) is 20.7 Å². The minimum Gasteiger partial charge on any atom is -0.326 e. The molecule has 0 spiro atoms. The zero-order valence-corrected chi connectivity index (χ0v) is 12.4. The molecule has 3 N–H and O–H groups in total. The SMILES string of the molecule is CCCNS(=O)(=O)c1cc(CN)cc(C)c1Br. The molecule has 0 radical (unpaired) electrons. The molecule has 0 aliphatic carbocycles. The lowest BCUT2D eigenvalue weighted by atomic mass is 10.1. The summed E-state index contributed by atoms with van der Waals surface area (Å²) in [5.74, 6) is 0. The van der Waals surface area contributed by atoms with Crippen LogP contribution in [0.3, 0.4) is 0 Å². The van der Waals surface area contributed by atoms with Crippen LogP contribution in [-0.4, -0.2) is 15.0 Å². The molecule has 0 unspecified atom stereocenters. The maximum atomic E-state index is 12.1. The second-order valence-electron chi connectivity index (χ2n) is 3.83. The van der Waals surface area contributed by atoms with Crippen molar-refractivity contribution < 1.29 is 8.42 Å². The van der Waals surface area contributed by atoms with E-state index in [-0.39, 0.29) is 4.90 Å². The fourth-order valence-corrected chi connectivity index (χ4v) is 3.64. The molecule has 0 heterocycles. The van der Waals surface area contributed by atoms with Crippen LogP contribution in [-0.2, 0) is 16.6 Å². The van der Waals surface area contributed by atoms with Gasteiger partial charge in [-0.1, -0.05) is 13.0 Å². The number of nitrogens with one attached hydrogen (secondary N) is 1. The van der Waals surface area contributed by atoms with Gasteiger partial charge in [-0.2, -0.15) is 0 Å². The van der Waals surface area contributed by atoms with Crippen LogP contribution in [0.15, 0.2) is 21.5 Å². The third kappa shape index (κ3) is 3.51. The van der Waals surface area contributed by atoms with Crippen molar-refractivity contribution in [3.8, 4) is 0 Å². The van der Waals surface area contributed by atoms with Crippen molar-refractivity contribution in [1.82, 2.24) is 4.72 Å². The molecule has 4 nitrogen and oxygen atoms in total. The molecule has 0 aliphatic rings. The van der Waals surface area contributed by atoms with E-state index >= 15 is 0 Å². The molecule has 0 fully saturated rings. The fraction of sp³-hybridized carbons (Fsp3) is 0.455. The summed E-state index contributed by atoms with van der Waals surface area (Å²) in [5.41, 5.74) is 7.22. The molecule has 96 valence electrons.